The van der Waals surface area contributed by atoms with E-state index in [4.69, 9.17) is 0 Å². The Morgan fingerprint density at radius 2 is 1.36 bits per heavy atom. The fourth-order valence-corrected chi connectivity index (χ4v) is 0.210. The van der Waals surface area contributed by atoms with E-state index in [1.807, 2.05) is 0 Å². The molecule has 0 aromatic rings. The lowest BCUT2D eigenvalue weighted by atomic mass is 10.3. The topological polar surface area (TPSA) is 17.1 Å². The van der Waals surface area contributed by atoms with E-state index in [1.54, 1.807) is 0 Å². The summed E-state index contributed by atoms with van der Waals surface area (Å²) in [4.78, 5) is 9.57. The van der Waals surface area contributed by atoms with E-state index in [9.17, 15) is 31.1 Å². The summed E-state index contributed by atoms with van der Waals surface area (Å²) in [5.41, 5.74) is 0. The summed E-state index contributed by atoms with van der Waals surface area (Å²) >= 11 is 0. The average molecular weight is 178 g/mol. The van der Waals surface area contributed by atoms with Crippen LogP contribution < -0.4 is 0 Å². The van der Waals surface area contributed by atoms with Crippen LogP contribution in [0.4, 0.5) is 26.3 Å². The van der Waals surface area contributed by atoms with Crippen molar-refractivity contribution in [3.8, 4) is 0 Å². The lowest BCUT2D eigenvalue weighted by Crippen LogP contribution is -2.23. The van der Waals surface area contributed by atoms with Gasteiger partial charge in [-0.1, -0.05) is 0 Å². The van der Waals surface area contributed by atoms with Crippen molar-refractivity contribution >= 4 is 5.78 Å². The standard InChI is InChI=1S/C4F6O/c5-1(3(6)7)2(11)4(8,9)10. The zero-order chi connectivity index (χ0) is 9.23. The highest BCUT2D eigenvalue weighted by Crippen LogP contribution is 2.23. The summed E-state index contributed by atoms with van der Waals surface area (Å²) in [5.74, 6) is -6.23. The van der Waals surface area contributed by atoms with Gasteiger partial charge in [-0.3, -0.25) is 4.79 Å². The predicted molar refractivity (Wildman–Crippen MR) is 21.4 cm³/mol. The largest absolute Gasteiger partial charge is 0.457 e. The number of ketones is 1. The molecule has 0 atom stereocenters. The van der Waals surface area contributed by atoms with Gasteiger partial charge in [0.1, 0.15) is 0 Å². The number of alkyl halides is 3. The van der Waals surface area contributed by atoms with Crippen LogP contribution in [0.5, 0.6) is 0 Å². The van der Waals surface area contributed by atoms with E-state index in [2.05, 4.69) is 0 Å². The summed E-state index contributed by atoms with van der Waals surface area (Å²) < 4.78 is 66.8. The van der Waals surface area contributed by atoms with Crippen molar-refractivity contribution < 1.29 is 31.1 Å². The third-order valence-electron chi connectivity index (χ3n) is 0.623. The molecule has 0 N–H and O–H groups in total. The molecule has 0 rings (SSSR count). The molecule has 0 unspecified atom stereocenters. The Hall–Kier alpha value is -1.01. The van der Waals surface area contributed by atoms with Crippen LogP contribution in [0.25, 0.3) is 0 Å². The first-order chi connectivity index (χ1) is 4.76. The van der Waals surface area contributed by atoms with Crippen LogP contribution in [0.1, 0.15) is 0 Å². The molecule has 0 saturated heterocycles. The average Bonchev–Trinajstić information content (AvgIpc) is 1.82. The van der Waals surface area contributed by atoms with Crippen molar-refractivity contribution in [3.63, 3.8) is 0 Å². The molecule has 0 radical (unpaired) electrons. The quantitative estimate of drug-likeness (QED) is 0.444. The first-order valence-corrected chi connectivity index (χ1v) is 2.09. The van der Waals surface area contributed by atoms with Crippen molar-refractivity contribution in [2.24, 2.45) is 0 Å². The molecule has 0 saturated carbocycles. The Morgan fingerprint density at radius 3 is 1.45 bits per heavy atom. The SMILES string of the molecule is O=C(C(F)=C(F)F)C(F)(F)F. The number of allylic oxidation sites excluding steroid dienone is 1. The number of carbonyl (C=O) groups excluding carboxylic acids is 1. The Morgan fingerprint density at radius 1 is 1.00 bits per heavy atom. The van der Waals surface area contributed by atoms with Crippen LogP contribution in [0.3, 0.4) is 0 Å². The van der Waals surface area contributed by atoms with Gasteiger partial charge in [-0.25, -0.2) is 0 Å². The molecule has 0 aromatic carbocycles. The highest BCUT2D eigenvalue weighted by atomic mass is 19.4. The fraction of sp³-hybridized carbons (Fsp3) is 0.250. The van der Waals surface area contributed by atoms with Crippen molar-refractivity contribution in [2.45, 2.75) is 6.18 Å². The van der Waals surface area contributed by atoms with Crippen molar-refractivity contribution in [2.75, 3.05) is 0 Å². The fourth-order valence-electron chi connectivity index (χ4n) is 0.210. The maximum absolute atomic E-state index is 11.5. The number of halogens is 6. The van der Waals surface area contributed by atoms with Gasteiger partial charge < -0.3 is 0 Å². The zero-order valence-electron chi connectivity index (χ0n) is 4.68. The minimum Gasteiger partial charge on any atom is -0.281 e. The van der Waals surface area contributed by atoms with Gasteiger partial charge in [0.05, 0.1) is 0 Å². The van der Waals surface area contributed by atoms with Crippen LogP contribution in [0.2, 0.25) is 0 Å². The van der Waals surface area contributed by atoms with Gasteiger partial charge >= 0.3 is 12.3 Å². The van der Waals surface area contributed by atoms with E-state index >= 15 is 0 Å². The molecule has 0 amide bonds. The van der Waals surface area contributed by atoms with Crippen LogP contribution in [-0.4, -0.2) is 12.0 Å². The summed E-state index contributed by atoms with van der Waals surface area (Å²) in [6.07, 6.45) is -8.86. The minimum absolute atomic E-state index is 3.06. The highest BCUT2D eigenvalue weighted by molar-refractivity contribution is 5.97. The van der Waals surface area contributed by atoms with Crippen LogP contribution >= 0.6 is 0 Å². The summed E-state index contributed by atoms with van der Waals surface area (Å²) in [6, 6.07) is 0. The van der Waals surface area contributed by atoms with E-state index in [0.29, 0.717) is 0 Å². The molecule has 0 aliphatic rings. The molecule has 11 heavy (non-hydrogen) atoms. The number of hydrogen-bond donors (Lipinski definition) is 0. The number of Topliss-reactive ketones (excluding diaryl/α,β-unsaturated/α-hetero) is 1. The third-order valence-corrected chi connectivity index (χ3v) is 0.623. The van der Waals surface area contributed by atoms with Gasteiger partial charge in [-0.15, -0.1) is 0 Å². The Balaban J connectivity index is 4.67. The molecule has 7 heteroatoms. The smallest absolute Gasteiger partial charge is 0.281 e. The van der Waals surface area contributed by atoms with Crippen molar-refractivity contribution in [1.82, 2.24) is 0 Å². The molecule has 0 spiro atoms. The van der Waals surface area contributed by atoms with Crippen molar-refractivity contribution in [3.05, 3.63) is 11.9 Å². The molecule has 1 nitrogen and oxygen atoms in total. The molecule has 64 valence electrons. The van der Waals surface area contributed by atoms with Crippen LogP contribution in [-0.2, 0) is 4.79 Å². The van der Waals surface area contributed by atoms with Gasteiger partial charge in [-0.2, -0.15) is 26.3 Å². The molecule has 0 aliphatic heterocycles. The molecule has 0 aliphatic carbocycles. The lowest BCUT2D eigenvalue weighted by Gasteiger charge is -2.00. The Bertz CT molecular complexity index is 197. The van der Waals surface area contributed by atoms with Crippen molar-refractivity contribution in [1.29, 1.82) is 0 Å². The number of carbonyl (C=O) groups is 1. The highest BCUT2D eigenvalue weighted by Gasteiger charge is 2.43. The minimum atomic E-state index is -5.59. The van der Waals surface area contributed by atoms with E-state index in [-0.39, 0.29) is 0 Å². The van der Waals surface area contributed by atoms with Crippen LogP contribution in [0, 0.1) is 0 Å². The van der Waals surface area contributed by atoms with Gasteiger partial charge in [0.2, 0.25) is 5.83 Å². The van der Waals surface area contributed by atoms with E-state index < -0.39 is 23.9 Å². The van der Waals surface area contributed by atoms with Gasteiger partial charge in [0.15, 0.2) is 0 Å². The molecule has 0 fully saturated rings. The summed E-state index contributed by atoms with van der Waals surface area (Å²) in [6.45, 7) is 0. The summed E-state index contributed by atoms with van der Waals surface area (Å²) in [5, 5.41) is 0. The summed E-state index contributed by atoms with van der Waals surface area (Å²) in [7, 11) is 0. The Kier molecular flexibility index (Phi) is 2.66. The predicted octanol–water partition coefficient (Wildman–Crippen LogP) is 2.20. The van der Waals surface area contributed by atoms with Gasteiger partial charge in [-0.05, 0) is 0 Å². The second-order valence-corrected chi connectivity index (χ2v) is 1.40. The zero-order valence-corrected chi connectivity index (χ0v) is 4.68. The molecule has 0 bridgehead atoms. The molecule has 0 heterocycles. The number of rotatable bonds is 1. The first kappa shape index (κ1) is 9.99. The maximum atomic E-state index is 11.5. The lowest BCUT2D eigenvalue weighted by molar-refractivity contribution is -0.168. The molecular weight excluding hydrogens is 178 g/mol. The third kappa shape index (κ3) is 2.60. The second kappa shape index (κ2) is 2.93. The monoisotopic (exact) mass is 178 g/mol. The second-order valence-electron chi connectivity index (χ2n) is 1.40. The van der Waals surface area contributed by atoms with Gasteiger partial charge in [0.25, 0.3) is 5.78 Å². The van der Waals surface area contributed by atoms with E-state index in [1.165, 1.54) is 0 Å². The van der Waals surface area contributed by atoms with Crippen LogP contribution in [0.15, 0.2) is 11.9 Å². The number of hydrogen-bond acceptors (Lipinski definition) is 1. The Labute approximate surface area is 56.3 Å². The van der Waals surface area contributed by atoms with E-state index in [0.717, 1.165) is 0 Å². The van der Waals surface area contributed by atoms with Gasteiger partial charge in [0, 0.05) is 0 Å². The normalized spacial score (nSPS) is 11.1. The maximum Gasteiger partial charge on any atom is 0.457 e. The molecular formula is C4F6O. The first-order valence-electron chi connectivity index (χ1n) is 2.09. The molecule has 0 aromatic heterocycles.